The van der Waals surface area contributed by atoms with E-state index < -0.39 is 0 Å². The molecule has 1 aromatic heterocycles. The Labute approximate surface area is 75.2 Å². The molecule has 0 saturated heterocycles. The van der Waals surface area contributed by atoms with Gasteiger partial charge >= 0.3 is 0 Å². The third-order valence-corrected chi connectivity index (χ3v) is 2.85. The molecule has 0 atom stereocenters. The Morgan fingerprint density at radius 2 is 2.08 bits per heavy atom. The van der Waals surface area contributed by atoms with E-state index in [0.29, 0.717) is 5.71 Å². The maximum atomic E-state index is 7.54. The van der Waals surface area contributed by atoms with Crippen LogP contribution in [0, 0.1) is 5.41 Å². The summed E-state index contributed by atoms with van der Waals surface area (Å²) in [5, 5.41) is 10.8. The topological polar surface area (TPSA) is 23.9 Å². The van der Waals surface area contributed by atoms with Crippen molar-refractivity contribution in [3.63, 3.8) is 0 Å². The standard InChI is InChI=1S/C10H9NS/c1-7(11)9-6-12-10-5-3-2-4-8(9)10/h2-6,11H,1H3. The molecule has 60 valence electrons. The second-order valence-corrected chi connectivity index (χ2v) is 3.68. The van der Waals surface area contributed by atoms with Crippen molar-refractivity contribution in [2.24, 2.45) is 0 Å². The van der Waals surface area contributed by atoms with Crippen molar-refractivity contribution in [1.29, 1.82) is 5.41 Å². The van der Waals surface area contributed by atoms with Crippen LogP contribution in [-0.4, -0.2) is 5.71 Å². The minimum absolute atomic E-state index is 0.646. The summed E-state index contributed by atoms with van der Waals surface area (Å²) < 4.78 is 1.26. The van der Waals surface area contributed by atoms with Crippen LogP contribution >= 0.6 is 11.3 Å². The van der Waals surface area contributed by atoms with Gasteiger partial charge in [-0.05, 0) is 13.0 Å². The molecule has 0 amide bonds. The van der Waals surface area contributed by atoms with Crippen LogP contribution in [0.25, 0.3) is 10.1 Å². The molecule has 12 heavy (non-hydrogen) atoms. The Morgan fingerprint density at radius 3 is 2.83 bits per heavy atom. The number of fused-ring (bicyclic) bond motifs is 1. The van der Waals surface area contributed by atoms with Gasteiger partial charge in [0, 0.05) is 26.7 Å². The molecule has 0 aliphatic rings. The number of rotatable bonds is 1. The predicted octanol–water partition coefficient (Wildman–Crippen LogP) is 3.29. The molecule has 2 rings (SSSR count). The summed E-state index contributed by atoms with van der Waals surface area (Å²) in [6.07, 6.45) is 0. The predicted molar refractivity (Wildman–Crippen MR) is 54.3 cm³/mol. The molecule has 0 radical (unpaired) electrons. The van der Waals surface area contributed by atoms with E-state index in [1.54, 1.807) is 11.3 Å². The summed E-state index contributed by atoms with van der Waals surface area (Å²) in [4.78, 5) is 0. The van der Waals surface area contributed by atoms with Crippen molar-refractivity contribution in [3.8, 4) is 0 Å². The molecule has 2 heteroatoms. The highest BCUT2D eigenvalue weighted by molar-refractivity contribution is 7.17. The third kappa shape index (κ3) is 1.04. The zero-order chi connectivity index (χ0) is 8.55. The van der Waals surface area contributed by atoms with Crippen LogP contribution in [0.5, 0.6) is 0 Å². The van der Waals surface area contributed by atoms with Gasteiger partial charge in [0.25, 0.3) is 0 Å². The lowest BCUT2D eigenvalue weighted by molar-refractivity contribution is 1.48. The molecule has 0 unspecified atom stereocenters. The molecule has 0 bridgehead atoms. The molecule has 1 N–H and O–H groups in total. The van der Waals surface area contributed by atoms with E-state index >= 15 is 0 Å². The lowest BCUT2D eigenvalue weighted by Crippen LogP contribution is -1.87. The van der Waals surface area contributed by atoms with Crippen molar-refractivity contribution < 1.29 is 0 Å². The Hall–Kier alpha value is -1.15. The van der Waals surface area contributed by atoms with Crippen LogP contribution in [0.15, 0.2) is 29.6 Å². The van der Waals surface area contributed by atoms with Crippen molar-refractivity contribution in [2.75, 3.05) is 0 Å². The van der Waals surface area contributed by atoms with E-state index in [2.05, 4.69) is 12.1 Å². The van der Waals surface area contributed by atoms with Gasteiger partial charge in [0.1, 0.15) is 0 Å². The first kappa shape index (κ1) is 7.50. The van der Waals surface area contributed by atoms with Gasteiger partial charge in [0.05, 0.1) is 0 Å². The van der Waals surface area contributed by atoms with Crippen LogP contribution in [0.1, 0.15) is 12.5 Å². The molecular weight excluding hydrogens is 166 g/mol. The van der Waals surface area contributed by atoms with E-state index in [9.17, 15) is 0 Å². The fourth-order valence-corrected chi connectivity index (χ4v) is 2.28. The van der Waals surface area contributed by atoms with Crippen molar-refractivity contribution >= 4 is 27.1 Å². The van der Waals surface area contributed by atoms with Crippen molar-refractivity contribution in [3.05, 3.63) is 35.2 Å². The van der Waals surface area contributed by atoms with Gasteiger partial charge in [-0.3, -0.25) is 0 Å². The molecule has 2 aromatic rings. The average molecular weight is 175 g/mol. The Morgan fingerprint density at radius 1 is 1.33 bits per heavy atom. The van der Waals surface area contributed by atoms with E-state index in [1.165, 1.54) is 10.1 Å². The lowest BCUT2D eigenvalue weighted by atomic mass is 10.1. The summed E-state index contributed by atoms with van der Waals surface area (Å²) in [6.45, 7) is 1.83. The van der Waals surface area contributed by atoms with E-state index in [4.69, 9.17) is 5.41 Å². The van der Waals surface area contributed by atoms with Crippen molar-refractivity contribution in [2.45, 2.75) is 6.92 Å². The van der Waals surface area contributed by atoms with E-state index in [0.717, 1.165) is 5.56 Å². The van der Waals surface area contributed by atoms with Crippen LogP contribution in [-0.2, 0) is 0 Å². The fourth-order valence-electron chi connectivity index (χ4n) is 1.27. The van der Waals surface area contributed by atoms with Crippen LogP contribution < -0.4 is 0 Å². The molecule has 1 heterocycles. The van der Waals surface area contributed by atoms with Crippen LogP contribution in [0.4, 0.5) is 0 Å². The first-order valence-corrected chi connectivity index (χ1v) is 4.69. The zero-order valence-corrected chi connectivity index (χ0v) is 7.61. The molecule has 0 aliphatic heterocycles. The molecule has 0 aliphatic carbocycles. The van der Waals surface area contributed by atoms with Gasteiger partial charge in [-0.25, -0.2) is 0 Å². The van der Waals surface area contributed by atoms with Gasteiger partial charge in [-0.1, -0.05) is 18.2 Å². The quantitative estimate of drug-likeness (QED) is 0.643. The lowest BCUT2D eigenvalue weighted by Gasteiger charge is -1.93. The summed E-state index contributed by atoms with van der Waals surface area (Å²) in [7, 11) is 0. The summed E-state index contributed by atoms with van der Waals surface area (Å²) in [5.41, 5.74) is 1.71. The molecule has 0 spiro atoms. The highest BCUT2D eigenvalue weighted by atomic mass is 32.1. The van der Waals surface area contributed by atoms with Gasteiger partial charge in [-0.2, -0.15) is 0 Å². The second kappa shape index (κ2) is 2.72. The SMILES string of the molecule is CC(=N)c1csc2ccccc12. The largest absolute Gasteiger partial charge is 0.305 e. The molecule has 1 nitrogen and oxygen atoms in total. The highest BCUT2D eigenvalue weighted by Crippen LogP contribution is 2.25. The Kier molecular flexibility index (Phi) is 1.70. The molecule has 1 aromatic carbocycles. The summed E-state index contributed by atoms with van der Waals surface area (Å²) >= 11 is 1.70. The molecule has 0 fully saturated rings. The number of benzene rings is 1. The monoisotopic (exact) mass is 175 g/mol. The molecule has 0 saturated carbocycles. The zero-order valence-electron chi connectivity index (χ0n) is 6.79. The number of hydrogen-bond donors (Lipinski definition) is 1. The van der Waals surface area contributed by atoms with Gasteiger partial charge in [-0.15, -0.1) is 11.3 Å². The summed E-state index contributed by atoms with van der Waals surface area (Å²) in [6, 6.07) is 8.20. The molecular formula is C10H9NS. The third-order valence-electron chi connectivity index (χ3n) is 1.88. The maximum absolute atomic E-state index is 7.54. The van der Waals surface area contributed by atoms with Gasteiger partial charge < -0.3 is 5.41 Å². The number of thiophene rings is 1. The maximum Gasteiger partial charge on any atom is 0.0369 e. The normalized spacial score (nSPS) is 10.4. The first-order chi connectivity index (χ1) is 5.79. The minimum atomic E-state index is 0.646. The van der Waals surface area contributed by atoms with Crippen molar-refractivity contribution in [1.82, 2.24) is 0 Å². The van der Waals surface area contributed by atoms with Crippen LogP contribution in [0.2, 0.25) is 0 Å². The first-order valence-electron chi connectivity index (χ1n) is 3.81. The average Bonchev–Trinajstić information content (AvgIpc) is 2.47. The second-order valence-electron chi connectivity index (χ2n) is 2.77. The van der Waals surface area contributed by atoms with Gasteiger partial charge in [0.2, 0.25) is 0 Å². The van der Waals surface area contributed by atoms with E-state index in [-0.39, 0.29) is 0 Å². The number of nitrogens with one attached hydrogen (secondary N) is 1. The number of hydrogen-bond acceptors (Lipinski definition) is 2. The minimum Gasteiger partial charge on any atom is -0.305 e. The smallest absolute Gasteiger partial charge is 0.0369 e. The van der Waals surface area contributed by atoms with Gasteiger partial charge in [0.15, 0.2) is 0 Å². The van der Waals surface area contributed by atoms with Crippen LogP contribution in [0.3, 0.4) is 0 Å². The fraction of sp³-hybridized carbons (Fsp3) is 0.100. The van der Waals surface area contributed by atoms with E-state index in [1.807, 2.05) is 24.4 Å². The Balaban J connectivity index is 2.79. The highest BCUT2D eigenvalue weighted by Gasteiger charge is 2.03. The Bertz CT molecular complexity index is 428. The summed E-state index contributed by atoms with van der Waals surface area (Å²) in [5.74, 6) is 0.